The molecule has 0 aliphatic carbocycles. The number of aromatic nitrogens is 5. The van der Waals surface area contributed by atoms with Crippen LogP contribution in [0, 0.1) is 0 Å². The molecule has 0 saturated heterocycles. The van der Waals surface area contributed by atoms with Gasteiger partial charge in [0.25, 0.3) is 0 Å². The highest BCUT2D eigenvalue weighted by molar-refractivity contribution is 5.88. The van der Waals surface area contributed by atoms with Crippen LogP contribution in [0.5, 0.6) is 0 Å². The molecule has 3 heterocycles. The Kier molecular flexibility index (Phi) is 8.12. The zero-order chi connectivity index (χ0) is 34.7. The second-order valence-electron chi connectivity index (χ2n) is 12.7. The minimum Gasteiger partial charge on any atom is -0.256 e. The van der Waals surface area contributed by atoms with Crippen molar-refractivity contribution < 1.29 is 4.98 Å². The SMILES string of the molecule is c1ccc(-c2ccc(-c3ccc4ncc(-c5cccc(-c6nc(-c7ccccc7)nc(-c7cccc(-c8cccc[nH+]8)c7)n6)c5)cc4c3)cc2)cc1. The quantitative estimate of drug-likeness (QED) is 0.170. The number of rotatable bonds is 7. The summed E-state index contributed by atoms with van der Waals surface area (Å²) in [6, 6.07) is 60.6. The maximum Gasteiger partial charge on any atom is 0.210 e. The first kappa shape index (κ1) is 30.9. The number of pyridine rings is 2. The summed E-state index contributed by atoms with van der Waals surface area (Å²) in [5.74, 6) is 1.85. The molecule has 0 saturated carbocycles. The number of fused-ring (bicyclic) bond motifs is 1. The molecular formula is C47H32N5+. The van der Waals surface area contributed by atoms with Gasteiger partial charge in [0.2, 0.25) is 5.69 Å². The van der Waals surface area contributed by atoms with E-state index < -0.39 is 0 Å². The highest BCUT2D eigenvalue weighted by Gasteiger charge is 2.15. The molecule has 0 atom stereocenters. The average Bonchev–Trinajstić information content (AvgIpc) is 3.24. The lowest BCUT2D eigenvalue weighted by molar-refractivity contribution is -0.364. The van der Waals surface area contributed by atoms with Gasteiger partial charge in [-0.05, 0) is 70.3 Å². The summed E-state index contributed by atoms with van der Waals surface area (Å²) in [6.07, 6.45) is 3.87. The van der Waals surface area contributed by atoms with Gasteiger partial charge in [-0.2, -0.15) is 0 Å². The van der Waals surface area contributed by atoms with Crippen LogP contribution in [0.3, 0.4) is 0 Å². The Morgan fingerprint density at radius 1 is 0.327 bits per heavy atom. The van der Waals surface area contributed by atoms with Gasteiger partial charge in [0.05, 0.1) is 5.52 Å². The van der Waals surface area contributed by atoms with E-state index >= 15 is 0 Å². The van der Waals surface area contributed by atoms with Gasteiger partial charge in [0, 0.05) is 51.5 Å². The summed E-state index contributed by atoms with van der Waals surface area (Å²) in [5.41, 5.74) is 12.6. The first-order valence-electron chi connectivity index (χ1n) is 17.3. The molecule has 1 N–H and O–H groups in total. The van der Waals surface area contributed by atoms with Gasteiger partial charge in [-0.25, -0.2) is 19.9 Å². The van der Waals surface area contributed by atoms with Crippen LogP contribution in [0.25, 0.3) is 89.7 Å². The minimum absolute atomic E-state index is 0.609. The monoisotopic (exact) mass is 666 g/mol. The van der Waals surface area contributed by atoms with E-state index in [4.69, 9.17) is 19.9 Å². The zero-order valence-corrected chi connectivity index (χ0v) is 28.2. The fourth-order valence-electron chi connectivity index (χ4n) is 6.54. The third-order valence-electron chi connectivity index (χ3n) is 9.27. The standard InChI is InChI=1S/C47H31N5/c1-3-11-32(12-4-1)33-20-22-34(23-21-33)37-24-25-44-41(28-37)30-42(31-49-44)36-15-9-17-39(27-36)46-50-45(35-13-5-2-6-14-35)51-47(52-46)40-18-10-16-38(29-40)43-19-7-8-26-48-43/h1-31H/p+1. The Bertz CT molecular complexity index is 2660. The molecule has 244 valence electrons. The summed E-state index contributed by atoms with van der Waals surface area (Å²) in [4.78, 5) is 23.2. The average molecular weight is 667 g/mol. The first-order valence-corrected chi connectivity index (χ1v) is 17.3. The first-order chi connectivity index (χ1) is 25.7. The highest BCUT2D eigenvalue weighted by Crippen LogP contribution is 2.32. The van der Waals surface area contributed by atoms with Crippen LogP contribution < -0.4 is 4.98 Å². The van der Waals surface area contributed by atoms with Crippen LogP contribution in [-0.2, 0) is 0 Å². The maximum absolute atomic E-state index is 5.04. The van der Waals surface area contributed by atoms with Crippen LogP contribution in [0.15, 0.2) is 188 Å². The molecule has 9 aromatic rings. The van der Waals surface area contributed by atoms with Crippen molar-refractivity contribution in [2.24, 2.45) is 0 Å². The topological polar surface area (TPSA) is 65.7 Å². The number of H-pyrrole nitrogens is 1. The third kappa shape index (κ3) is 6.35. The van der Waals surface area contributed by atoms with Crippen molar-refractivity contribution in [3.05, 3.63) is 188 Å². The molecule has 5 nitrogen and oxygen atoms in total. The molecule has 0 spiro atoms. The van der Waals surface area contributed by atoms with Crippen molar-refractivity contribution in [1.82, 2.24) is 19.9 Å². The molecule has 0 amide bonds. The molecule has 3 aromatic heterocycles. The lowest BCUT2D eigenvalue weighted by Gasteiger charge is -2.10. The Balaban J connectivity index is 1.08. The lowest BCUT2D eigenvalue weighted by atomic mass is 9.98. The van der Waals surface area contributed by atoms with Gasteiger partial charge >= 0.3 is 0 Å². The van der Waals surface area contributed by atoms with Gasteiger partial charge < -0.3 is 0 Å². The second-order valence-corrected chi connectivity index (χ2v) is 12.7. The van der Waals surface area contributed by atoms with Crippen molar-refractivity contribution in [3.63, 3.8) is 0 Å². The van der Waals surface area contributed by atoms with Gasteiger partial charge in [-0.1, -0.05) is 121 Å². The largest absolute Gasteiger partial charge is 0.256 e. The van der Waals surface area contributed by atoms with Crippen molar-refractivity contribution in [1.29, 1.82) is 0 Å². The zero-order valence-electron chi connectivity index (χ0n) is 28.2. The molecule has 9 rings (SSSR count). The number of nitrogens with zero attached hydrogens (tertiary/aromatic N) is 4. The normalized spacial score (nSPS) is 11.1. The van der Waals surface area contributed by atoms with Crippen molar-refractivity contribution in [2.45, 2.75) is 0 Å². The predicted molar refractivity (Wildman–Crippen MR) is 210 cm³/mol. The summed E-state index contributed by atoms with van der Waals surface area (Å²) < 4.78 is 0. The van der Waals surface area contributed by atoms with E-state index in [1.54, 1.807) is 0 Å². The van der Waals surface area contributed by atoms with E-state index in [1.165, 1.54) is 16.7 Å². The maximum atomic E-state index is 5.04. The van der Waals surface area contributed by atoms with E-state index in [1.807, 2.05) is 73.1 Å². The summed E-state index contributed by atoms with van der Waals surface area (Å²) in [6.45, 7) is 0. The van der Waals surface area contributed by atoms with E-state index in [9.17, 15) is 0 Å². The fourth-order valence-corrected chi connectivity index (χ4v) is 6.54. The number of nitrogens with one attached hydrogen (secondary N) is 1. The van der Waals surface area contributed by atoms with Crippen LogP contribution >= 0.6 is 0 Å². The smallest absolute Gasteiger partial charge is 0.210 e. The molecule has 0 unspecified atom stereocenters. The molecule has 0 fully saturated rings. The Morgan fingerprint density at radius 3 is 1.48 bits per heavy atom. The van der Waals surface area contributed by atoms with Crippen LogP contribution in [0.4, 0.5) is 0 Å². The number of hydrogen-bond donors (Lipinski definition) is 0. The van der Waals surface area contributed by atoms with Crippen LogP contribution in [0.1, 0.15) is 0 Å². The Labute approximate surface area is 302 Å². The van der Waals surface area contributed by atoms with E-state index in [2.05, 4.69) is 120 Å². The van der Waals surface area contributed by atoms with Gasteiger partial charge in [0.15, 0.2) is 23.7 Å². The number of aromatic amines is 1. The summed E-state index contributed by atoms with van der Waals surface area (Å²) >= 11 is 0. The van der Waals surface area contributed by atoms with Gasteiger partial charge in [0.1, 0.15) is 0 Å². The van der Waals surface area contributed by atoms with Crippen molar-refractivity contribution in [2.75, 3.05) is 0 Å². The molecule has 0 aliphatic rings. The molecule has 6 aromatic carbocycles. The van der Waals surface area contributed by atoms with Crippen LogP contribution in [0.2, 0.25) is 0 Å². The highest BCUT2D eigenvalue weighted by atomic mass is 15.0. The second kappa shape index (κ2) is 13.7. The molecule has 0 aliphatic heterocycles. The number of hydrogen-bond acceptors (Lipinski definition) is 4. The molecule has 0 bridgehead atoms. The molecule has 52 heavy (non-hydrogen) atoms. The third-order valence-corrected chi connectivity index (χ3v) is 9.27. The summed E-state index contributed by atoms with van der Waals surface area (Å²) in [7, 11) is 0. The van der Waals surface area contributed by atoms with Crippen molar-refractivity contribution in [3.8, 4) is 78.8 Å². The molecule has 5 heteroatoms. The summed E-state index contributed by atoms with van der Waals surface area (Å²) in [5, 5.41) is 1.08. The lowest BCUT2D eigenvalue weighted by Crippen LogP contribution is -2.04. The van der Waals surface area contributed by atoms with Gasteiger partial charge in [-0.3, -0.25) is 4.98 Å². The number of benzene rings is 6. The fraction of sp³-hybridized carbons (Fsp3) is 0. The van der Waals surface area contributed by atoms with Gasteiger partial charge in [-0.15, -0.1) is 0 Å². The minimum atomic E-state index is 0.609. The van der Waals surface area contributed by atoms with E-state index in [-0.39, 0.29) is 0 Å². The Morgan fingerprint density at radius 2 is 0.808 bits per heavy atom. The van der Waals surface area contributed by atoms with E-state index in [0.717, 1.165) is 55.5 Å². The Hall–Kier alpha value is -7.11. The van der Waals surface area contributed by atoms with E-state index in [0.29, 0.717) is 17.5 Å². The van der Waals surface area contributed by atoms with Crippen molar-refractivity contribution >= 4 is 10.9 Å². The van der Waals surface area contributed by atoms with Crippen LogP contribution in [-0.4, -0.2) is 19.9 Å². The molecule has 0 radical (unpaired) electrons. The molecular weight excluding hydrogens is 635 g/mol. The predicted octanol–water partition coefficient (Wildman–Crippen LogP) is 10.9.